The zero-order chi connectivity index (χ0) is 14.2. The SMILES string of the molecule is CCC(C)(C)OC(=O)N1CCC(F)(F)C(C)(O)C1. The molecule has 1 N–H and O–H groups in total. The van der Waals surface area contributed by atoms with Crippen LogP contribution >= 0.6 is 0 Å². The van der Waals surface area contributed by atoms with E-state index in [0.717, 1.165) is 11.8 Å². The highest BCUT2D eigenvalue weighted by Crippen LogP contribution is 2.36. The van der Waals surface area contributed by atoms with Crippen LogP contribution in [-0.4, -0.2) is 46.3 Å². The quantitative estimate of drug-likeness (QED) is 0.834. The molecule has 1 atom stereocenters. The molecule has 0 radical (unpaired) electrons. The summed E-state index contributed by atoms with van der Waals surface area (Å²) >= 11 is 0. The van der Waals surface area contributed by atoms with Crippen LogP contribution in [0.2, 0.25) is 0 Å². The molecular weight excluding hydrogens is 244 g/mol. The van der Waals surface area contributed by atoms with Crippen molar-refractivity contribution < 1.29 is 23.4 Å². The fraction of sp³-hybridized carbons (Fsp3) is 0.917. The van der Waals surface area contributed by atoms with E-state index in [4.69, 9.17) is 4.74 Å². The summed E-state index contributed by atoms with van der Waals surface area (Å²) in [6.07, 6.45) is -0.585. The van der Waals surface area contributed by atoms with E-state index in [1.54, 1.807) is 13.8 Å². The summed E-state index contributed by atoms with van der Waals surface area (Å²) in [7, 11) is 0. The number of likely N-dealkylation sites (tertiary alicyclic amines) is 1. The first kappa shape index (κ1) is 15.1. The average Bonchev–Trinajstić information content (AvgIpc) is 2.21. The Morgan fingerprint density at radius 2 is 2.06 bits per heavy atom. The summed E-state index contributed by atoms with van der Waals surface area (Å²) < 4.78 is 32.0. The van der Waals surface area contributed by atoms with Crippen LogP contribution in [0.3, 0.4) is 0 Å². The van der Waals surface area contributed by atoms with Gasteiger partial charge in [0.05, 0.1) is 6.54 Å². The zero-order valence-electron chi connectivity index (χ0n) is 11.3. The minimum absolute atomic E-state index is 0.109. The second kappa shape index (κ2) is 4.64. The van der Waals surface area contributed by atoms with Crippen LogP contribution in [0, 0.1) is 0 Å². The maximum absolute atomic E-state index is 13.4. The Hall–Kier alpha value is -0.910. The molecule has 1 aliphatic rings. The van der Waals surface area contributed by atoms with Gasteiger partial charge in [-0.3, -0.25) is 0 Å². The molecule has 1 aliphatic heterocycles. The lowest BCUT2D eigenvalue weighted by Crippen LogP contribution is -2.60. The monoisotopic (exact) mass is 265 g/mol. The Kier molecular flexibility index (Phi) is 3.91. The van der Waals surface area contributed by atoms with Crippen molar-refractivity contribution in [1.29, 1.82) is 0 Å². The molecule has 1 amide bonds. The number of alkyl halides is 2. The van der Waals surface area contributed by atoms with Crippen molar-refractivity contribution in [2.45, 2.75) is 57.7 Å². The maximum Gasteiger partial charge on any atom is 0.410 e. The molecule has 18 heavy (non-hydrogen) atoms. The van der Waals surface area contributed by atoms with Gasteiger partial charge >= 0.3 is 6.09 Å². The maximum atomic E-state index is 13.4. The van der Waals surface area contributed by atoms with E-state index >= 15 is 0 Å². The predicted octanol–water partition coefficient (Wildman–Crippen LogP) is 2.40. The fourth-order valence-corrected chi connectivity index (χ4v) is 1.64. The normalized spacial score (nSPS) is 28.1. The van der Waals surface area contributed by atoms with Crippen molar-refractivity contribution in [3.05, 3.63) is 0 Å². The molecule has 106 valence electrons. The van der Waals surface area contributed by atoms with Gasteiger partial charge in [0.1, 0.15) is 11.2 Å². The lowest BCUT2D eigenvalue weighted by molar-refractivity contribution is -0.203. The topological polar surface area (TPSA) is 49.8 Å². The fourth-order valence-electron chi connectivity index (χ4n) is 1.64. The van der Waals surface area contributed by atoms with Crippen molar-refractivity contribution in [2.24, 2.45) is 0 Å². The van der Waals surface area contributed by atoms with Gasteiger partial charge in [-0.25, -0.2) is 13.6 Å². The van der Waals surface area contributed by atoms with Crippen LogP contribution in [0.4, 0.5) is 13.6 Å². The van der Waals surface area contributed by atoms with Crippen molar-refractivity contribution in [2.75, 3.05) is 13.1 Å². The van der Waals surface area contributed by atoms with Crippen molar-refractivity contribution in [3.63, 3.8) is 0 Å². The lowest BCUT2D eigenvalue weighted by atomic mass is 9.91. The molecule has 0 spiro atoms. The molecule has 1 rings (SSSR count). The number of piperidine rings is 1. The molecule has 4 nitrogen and oxygen atoms in total. The number of β-amino-alcohol motifs (C(OH)–C–C–N with tert-alkyl or cyclic N) is 1. The second-order valence-electron chi connectivity index (χ2n) is 5.63. The van der Waals surface area contributed by atoms with E-state index < -0.39 is 36.2 Å². The first-order valence-corrected chi connectivity index (χ1v) is 6.09. The Bertz CT molecular complexity index is 329. The van der Waals surface area contributed by atoms with E-state index in [-0.39, 0.29) is 6.54 Å². The van der Waals surface area contributed by atoms with Crippen molar-refractivity contribution in [1.82, 2.24) is 4.90 Å². The number of ether oxygens (including phenoxy) is 1. The number of rotatable bonds is 2. The molecule has 0 aromatic heterocycles. The van der Waals surface area contributed by atoms with Crippen LogP contribution < -0.4 is 0 Å². The van der Waals surface area contributed by atoms with Crippen molar-refractivity contribution in [3.8, 4) is 0 Å². The number of carbonyl (C=O) groups excluding carboxylic acids is 1. The summed E-state index contributed by atoms with van der Waals surface area (Å²) in [4.78, 5) is 13.0. The number of hydrogen-bond acceptors (Lipinski definition) is 3. The molecule has 0 aliphatic carbocycles. The first-order valence-electron chi connectivity index (χ1n) is 6.09. The molecule has 0 saturated carbocycles. The number of carbonyl (C=O) groups is 1. The summed E-state index contributed by atoms with van der Waals surface area (Å²) in [5.41, 5.74) is -2.84. The highest BCUT2D eigenvalue weighted by atomic mass is 19.3. The van der Waals surface area contributed by atoms with Gasteiger partial charge in [-0.05, 0) is 27.2 Å². The van der Waals surface area contributed by atoms with E-state index in [9.17, 15) is 18.7 Å². The largest absolute Gasteiger partial charge is 0.443 e. The Labute approximate surface area is 106 Å². The molecule has 0 aromatic rings. The molecule has 6 heteroatoms. The molecular formula is C12H21F2NO3. The van der Waals surface area contributed by atoms with E-state index in [1.165, 1.54) is 0 Å². The summed E-state index contributed by atoms with van der Waals surface area (Å²) in [6.45, 7) is 5.88. The first-order chi connectivity index (χ1) is 8.01. The van der Waals surface area contributed by atoms with Crippen LogP contribution in [-0.2, 0) is 4.74 Å². The molecule has 1 fully saturated rings. The molecule has 1 unspecified atom stereocenters. The van der Waals surface area contributed by atoms with Gasteiger partial charge in [-0.1, -0.05) is 6.92 Å². The van der Waals surface area contributed by atoms with Crippen molar-refractivity contribution >= 4 is 6.09 Å². The number of halogens is 2. The van der Waals surface area contributed by atoms with Gasteiger partial charge in [0.2, 0.25) is 0 Å². The summed E-state index contributed by atoms with van der Waals surface area (Å²) in [6, 6.07) is 0. The summed E-state index contributed by atoms with van der Waals surface area (Å²) in [5.74, 6) is -3.18. The highest BCUT2D eigenvalue weighted by molar-refractivity contribution is 5.68. The number of nitrogens with zero attached hydrogens (tertiary/aromatic N) is 1. The molecule has 1 saturated heterocycles. The predicted molar refractivity (Wildman–Crippen MR) is 62.6 cm³/mol. The number of hydrogen-bond donors (Lipinski definition) is 1. The van der Waals surface area contributed by atoms with Gasteiger partial charge in [-0.2, -0.15) is 0 Å². The number of amides is 1. The van der Waals surface area contributed by atoms with Crippen LogP contribution in [0.15, 0.2) is 0 Å². The van der Waals surface area contributed by atoms with E-state index in [2.05, 4.69) is 0 Å². The van der Waals surface area contributed by atoms with E-state index in [0.29, 0.717) is 6.42 Å². The smallest absolute Gasteiger partial charge is 0.410 e. The van der Waals surface area contributed by atoms with Gasteiger partial charge in [0.15, 0.2) is 0 Å². The molecule has 0 aromatic carbocycles. The van der Waals surface area contributed by atoms with Crippen LogP contribution in [0.25, 0.3) is 0 Å². The standard InChI is InChI=1S/C12H21F2NO3/c1-5-10(2,3)18-9(16)15-7-6-12(13,14)11(4,17)8-15/h17H,5-8H2,1-4H3. The molecule has 1 heterocycles. The van der Waals surface area contributed by atoms with Crippen LogP contribution in [0.5, 0.6) is 0 Å². The minimum Gasteiger partial charge on any atom is -0.443 e. The Morgan fingerprint density at radius 1 is 1.50 bits per heavy atom. The minimum atomic E-state index is -3.18. The third kappa shape index (κ3) is 3.10. The Morgan fingerprint density at radius 3 is 2.50 bits per heavy atom. The number of aliphatic hydroxyl groups is 1. The average molecular weight is 265 g/mol. The lowest BCUT2D eigenvalue weighted by Gasteiger charge is -2.42. The summed E-state index contributed by atoms with van der Waals surface area (Å²) in [5, 5.41) is 9.68. The van der Waals surface area contributed by atoms with Gasteiger partial charge in [0, 0.05) is 13.0 Å². The zero-order valence-corrected chi connectivity index (χ0v) is 11.3. The second-order valence-corrected chi connectivity index (χ2v) is 5.63. The highest BCUT2D eigenvalue weighted by Gasteiger charge is 2.53. The van der Waals surface area contributed by atoms with Gasteiger partial charge in [-0.15, -0.1) is 0 Å². The van der Waals surface area contributed by atoms with E-state index in [1.807, 2.05) is 6.92 Å². The Balaban J connectivity index is 2.68. The van der Waals surface area contributed by atoms with Gasteiger partial charge < -0.3 is 14.7 Å². The third-order valence-electron chi connectivity index (χ3n) is 3.46. The van der Waals surface area contributed by atoms with Crippen LogP contribution in [0.1, 0.15) is 40.5 Å². The third-order valence-corrected chi connectivity index (χ3v) is 3.46. The molecule has 0 bridgehead atoms. The van der Waals surface area contributed by atoms with Gasteiger partial charge in [0.25, 0.3) is 5.92 Å².